The lowest BCUT2D eigenvalue weighted by atomic mass is 10.1. The highest BCUT2D eigenvalue weighted by atomic mass is 32.1. The number of nitrogens with zero attached hydrogens (tertiary/aromatic N) is 2. The molecule has 23 heavy (non-hydrogen) atoms. The van der Waals surface area contributed by atoms with Crippen LogP contribution >= 0.6 is 11.3 Å². The minimum Gasteiger partial charge on any atom is -0.483 e. The zero-order valence-corrected chi connectivity index (χ0v) is 14.9. The minimum atomic E-state index is -0.220. The normalized spacial score (nSPS) is 10.6. The molecule has 0 saturated carbocycles. The first-order chi connectivity index (χ1) is 11.0. The molecule has 124 valence electrons. The van der Waals surface area contributed by atoms with Crippen LogP contribution in [0, 0.1) is 20.8 Å². The van der Waals surface area contributed by atoms with Gasteiger partial charge in [0.15, 0.2) is 6.61 Å². The number of anilines is 1. The molecule has 1 N–H and O–H groups in total. The van der Waals surface area contributed by atoms with Gasteiger partial charge in [0.2, 0.25) is 5.13 Å². The molecule has 1 amide bonds. The number of hydrogen-bond acceptors (Lipinski definition) is 5. The van der Waals surface area contributed by atoms with E-state index in [2.05, 4.69) is 22.4 Å². The molecule has 0 atom stereocenters. The van der Waals surface area contributed by atoms with Crippen LogP contribution in [0.2, 0.25) is 0 Å². The molecule has 0 aliphatic carbocycles. The summed E-state index contributed by atoms with van der Waals surface area (Å²) in [5.74, 6) is 0.550. The molecule has 6 heteroatoms. The van der Waals surface area contributed by atoms with Gasteiger partial charge in [-0.25, -0.2) is 0 Å². The molecule has 0 fully saturated rings. The van der Waals surface area contributed by atoms with E-state index >= 15 is 0 Å². The van der Waals surface area contributed by atoms with Crippen LogP contribution in [0.1, 0.15) is 41.5 Å². The average molecular weight is 333 g/mol. The number of ether oxygens (including phenoxy) is 1. The maximum absolute atomic E-state index is 12.0. The number of carbonyl (C=O) groups excluding carboxylic acids is 1. The van der Waals surface area contributed by atoms with Gasteiger partial charge in [-0.15, -0.1) is 10.2 Å². The first kappa shape index (κ1) is 17.4. The second-order valence-electron chi connectivity index (χ2n) is 5.67. The second-order valence-corrected chi connectivity index (χ2v) is 6.73. The van der Waals surface area contributed by atoms with Gasteiger partial charge in [0, 0.05) is 6.42 Å². The SMILES string of the molecule is CCCCc1nnc(NC(=O)COc2c(C)cc(C)cc2C)s1. The molecule has 1 aromatic heterocycles. The summed E-state index contributed by atoms with van der Waals surface area (Å²) in [5.41, 5.74) is 3.26. The van der Waals surface area contributed by atoms with Crippen molar-refractivity contribution in [3.05, 3.63) is 33.8 Å². The second kappa shape index (κ2) is 8.06. The van der Waals surface area contributed by atoms with Crippen LogP contribution in [-0.4, -0.2) is 22.7 Å². The summed E-state index contributed by atoms with van der Waals surface area (Å²) in [6.07, 6.45) is 3.10. The standard InChI is InChI=1S/C17H23N3O2S/c1-5-6-7-15-19-20-17(23-15)18-14(21)10-22-16-12(3)8-11(2)9-13(16)4/h8-9H,5-7,10H2,1-4H3,(H,18,20,21). The van der Waals surface area contributed by atoms with Crippen molar-refractivity contribution in [1.82, 2.24) is 10.2 Å². The summed E-state index contributed by atoms with van der Waals surface area (Å²) in [7, 11) is 0. The molecule has 0 aliphatic rings. The fourth-order valence-corrected chi connectivity index (χ4v) is 3.22. The van der Waals surface area contributed by atoms with E-state index in [9.17, 15) is 4.79 Å². The lowest BCUT2D eigenvalue weighted by Crippen LogP contribution is -2.20. The highest BCUT2D eigenvalue weighted by Gasteiger charge is 2.11. The summed E-state index contributed by atoms with van der Waals surface area (Å²) >= 11 is 1.42. The fraction of sp³-hybridized carbons (Fsp3) is 0.471. The van der Waals surface area contributed by atoms with Crippen LogP contribution in [0.4, 0.5) is 5.13 Å². The smallest absolute Gasteiger partial charge is 0.264 e. The molecule has 2 aromatic rings. The number of carbonyl (C=O) groups is 1. The van der Waals surface area contributed by atoms with Crippen molar-refractivity contribution >= 4 is 22.4 Å². The maximum Gasteiger partial charge on any atom is 0.264 e. The molecular weight excluding hydrogens is 310 g/mol. The van der Waals surface area contributed by atoms with E-state index in [4.69, 9.17) is 4.74 Å². The summed E-state index contributed by atoms with van der Waals surface area (Å²) < 4.78 is 5.67. The number of aryl methyl sites for hydroxylation is 4. The number of aromatic nitrogens is 2. The predicted molar refractivity (Wildman–Crippen MR) is 93.3 cm³/mol. The van der Waals surface area contributed by atoms with Gasteiger partial charge >= 0.3 is 0 Å². The summed E-state index contributed by atoms with van der Waals surface area (Å²) in [5, 5.41) is 12.3. The predicted octanol–water partition coefficient (Wildman–Crippen LogP) is 3.82. The van der Waals surface area contributed by atoms with Gasteiger partial charge in [0.1, 0.15) is 10.8 Å². The quantitative estimate of drug-likeness (QED) is 0.836. The molecule has 0 bridgehead atoms. The number of nitrogens with one attached hydrogen (secondary N) is 1. The van der Waals surface area contributed by atoms with Crippen LogP contribution in [0.15, 0.2) is 12.1 Å². The van der Waals surface area contributed by atoms with E-state index in [1.165, 1.54) is 16.9 Å². The number of rotatable bonds is 7. The van der Waals surface area contributed by atoms with Gasteiger partial charge < -0.3 is 4.74 Å². The fourth-order valence-electron chi connectivity index (χ4n) is 2.42. The Balaban J connectivity index is 1.89. The van der Waals surface area contributed by atoms with Crippen molar-refractivity contribution in [2.45, 2.75) is 47.0 Å². The van der Waals surface area contributed by atoms with E-state index in [1.54, 1.807) is 0 Å². The number of hydrogen-bond donors (Lipinski definition) is 1. The Morgan fingerprint density at radius 3 is 2.57 bits per heavy atom. The average Bonchev–Trinajstić information content (AvgIpc) is 2.91. The topological polar surface area (TPSA) is 64.1 Å². The Labute approximate surface area is 141 Å². The van der Waals surface area contributed by atoms with Gasteiger partial charge in [-0.3, -0.25) is 10.1 Å². The monoisotopic (exact) mass is 333 g/mol. The largest absolute Gasteiger partial charge is 0.483 e. The number of benzene rings is 1. The van der Waals surface area contributed by atoms with Gasteiger partial charge in [-0.05, 0) is 38.3 Å². The molecule has 0 spiro atoms. The molecule has 5 nitrogen and oxygen atoms in total. The summed E-state index contributed by atoms with van der Waals surface area (Å²) in [6, 6.07) is 4.09. The zero-order chi connectivity index (χ0) is 16.8. The van der Waals surface area contributed by atoms with E-state index in [-0.39, 0.29) is 12.5 Å². The van der Waals surface area contributed by atoms with E-state index in [1.807, 2.05) is 32.9 Å². The third-order valence-corrected chi connectivity index (χ3v) is 4.31. The molecule has 0 aliphatic heterocycles. The Morgan fingerprint density at radius 2 is 1.91 bits per heavy atom. The lowest BCUT2D eigenvalue weighted by molar-refractivity contribution is -0.118. The van der Waals surface area contributed by atoms with Gasteiger partial charge in [0.25, 0.3) is 5.91 Å². The Morgan fingerprint density at radius 1 is 1.22 bits per heavy atom. The van der Waals surface area contributed by atoms with Crippen molar-refractivity contribution < 1.29 is 9.53 Å². The zero-order valence-electron chi connectivity index (χ0n) is 14.1. The van der Waals surface area contributed by atoms with Crippen molar-refractivity contribution in [3.63, 3.8) is 0 Å². The van der Waals surface area contributed by atoms with Crippen molar-refractivity contribution in [2.75, 3.05) is 11.9 Å². The first-order valence-electron chi connectivity index (χ1n) is 7.82. The number of unbranched alkanes of at least 4 members (excludes halogenated alkanes) is 1. The molecule has 1 heterocycles. The van der Waals surface area contributed by atoms with Crippen molar-refractivity contribution in [2.24, 2.45) is 0 Å². The van der Waals surface area contributed by atoms with Gasteiger partial charge in [0.05, 0.1) is 0 Å². The van der Waals surface area contributed by atoms with Crippen LogP contribution in [0.3, 0.4) is 0 Å². The van der Waals surface area contributed by atoms with E-state index in [0.717, 1.165) is 41.1 Å². The molecule has 2 rings (SSSR count). The molecular formula is C17H23N3O2S. The minimum absolute atomic E-state index is 0.0331. The number of amides is 1. The van der Waals surface area contributed by atoms with Crippen molar-refractivity contribution in [3.8, 4) is 5.75 Å². The Bertz CT molecular complexity index is 659. The summed E-state index contributed by atoms with van der Waals surface area (Å²) in [4.78, 5) is 12.0. The molecule has 0 unspecified atom stereocenters. The molecule has 0 saturated heterocycles. The Kier molecular flexibility index (Phi) is 6.10. The van der Waals surface area contributed by atoms with Crippen LogP contribution in [0.5, 0.6) is 5.75 Å². The maximum atomic E-state index is 12.0. The van der Waals surface area contributed by atoms with Gasteiger partial charge in [-0.2, -0.15) is 0 Å². The first-order valence-corrected chi connectivity index (χ1v) is 8.64. The molecule has 0 radical (unpaired) electrons. The van der Waals surface area contributed by atoms with Crippen LogP contribution in [-0.2, 0) is 11.2 Å². The third-order valence-electron chi connectivity index (χ3n) is 3.41. The molecule has 1 aromatic carbocycles. The highest BCUT2D eigenvalue weighted by molar-refractivity contribution is 7.15. The van der Waals surface area contributed by atoms with Crippen molar-refractivity contribution in [1.29, 1.82) is 0 Å². The van der Waals surface area contributed by atoms with Crippen LogP contribution < -0.4 is 10.1 Å². The summed E-state index contributed by atoms with van der Waals surface area (Å²) in [6.45, 7) is 8.11. The Hall–Kier alpha value is -1.95. The van der Waals surface area contributed by atoms with Crippen LogP contribution in [0.25, 0.3) is 0 Å². The van der Waals surface area contributed by atoms with E-state index in [0.29, 0.717) is 5.13 Å². The highest BCUT2D eigenvalue weighted by Crippen LogP contribution is 2.24. The van der Waals surface area contributed by atoms with E-state index < -0.39 is 0 Å². The lowest BCUT2D eigenvalue weighted by Gasteiger charge is -2.12. The van der Waals surface area contributed by atoms with Gasteiger partial charge in [-0.1, -0.05) is 42.4 Å². The third kappa shape index (κ3) is 5.03.